The molecule has 0 atom stereocenters. The van der Waals surface area contributed by atoms with Gasteiger partial charge in [0.1, 0.15) is 5.02 Å². The van der Waals surface area contributed by atoms with Crippen LogP contribution in [0.3, 0.4) is 0 Å². The highest BCUT2D eigenvalue weighted by atomic mass is 35.5. The van der Waals surface area contributed by atoms with Crippen LogP contribution in [0.15, 0.2) is 18.2 Å². The molecule has 0 heterocycles. The van der Waals surface area contributed by atoms with Gasteiger partial charge in [-0.15, -0.1) is 0 Å². The Bertz CT molecular complexity index is 440. The molecule has 5 nitrogen and oxygen atoms in total. The van der Waals surface area contributed by atoms with Gasteiger partial charge in [-0.25, -0.2) is 0 Å². The van der Waals surface area contributed by atoms with Gasteiger partial charge in [-0.05, 0) is 11.6 Å². The molecule has 0 amide bonds. The van der Waals surface area contributed by atoms with E-state index in [9.17, 15) is 23.3 Å². The van der Waals surface area contributed by atoms with Crippen molar-refractivity contribution in [1.29, 1.82) is 0 Å². The summed E-state index contributed by atoms with van der Waals surface area (Å²) < 4.78 is 35.2. The Morgan fingerprint density at radius 1 is 1.44 bits per heavy atom. The van der Waals surface area contributed by atoms with Gasteiger partial charge in [0.05, 0.1) is 4.92 Å². The molecule has 1 rings (SSSR count). The molecule has 1 N–H and O–H groups in total. The summed E-state index contributed by atoms with van der Waals surface area (Å²) in [6.07, 6.45) is -4.43. The zero-order valence-electron chi connectivity index (χ0n) is 8.83. The van der Waals surface area contributed by atoms with Crippen molar-refractivity contribution in [2.75, 3.05) is 6.61 Å². The summed E-state index contributed by atoms with van der Waals surface area (Å²) >= 11 is 5.57. The molecule has 1 aromatic rings. The molecular weight excluding hydrogens is 277 g/mol. The Morgan fingerprint density at radius 3 is 2.67 bits per heavy atom. The lowest BCUT2D eigenvalue weighted by Crippen LogP contribution is -2.24. The molecule has 0 radical (unpaired) electrons. The van der Waals surface area contributed by atoms with E-state index in [2.05, 4.69) is 10.3 Å². The van der Waals surface area contributed by atoms with Gasteiger partial charge < -0.3 is 0 Å². The molecular formula is C9H8ClF3N2O3. The third-order valence-corrected chi connectivity index (χ3v) is 2.14. The van der Waals surface area contributed by atoms with Gasteiger partial charge in [0.2, 0.25) is 0 Å². The summed E-state index contributed by atoms with van der Waals surface area (Å²) in [5, 5.41) is 10.5. The minimum atomic E-state index is -4.43. The van der Waals surface area contributed by atoms with Crippen molar-refractivity contribution < 1.29 is 22.9 Å². The van der Waals surface area contributed by atoms with Crippen LogP contribution < -0.4 is 5.48 Å². The molecule has 0 unspecified atom stereocenters. The topological polar surface area (TPSA) is 64.4 Å². The first-order valence-corrected chi connectivity index (χ1v) is 5.01. The molecule has 100 valence electrons. The van der Waals surface area contributed by atoms with Crippen molar-refractivity contribution in [3.05, 3.63) is 38.9 Å². The van der Waals surface area contributed by atoms with Crippen LogP contribution in [0.4, 0.5) is 18.9 Å². The second-order valence-corrected chi connectivity index (χ2v) is 3.68. The van der Waals surface area contributed by atoms with Crippen molar-refractivity contribution in [1.82, 2.24) is 5.48 Å². The first kappa shape index (κ1) is 14.7. The molecule has 0 aromatic heterocycles. The average molecular weight is 285 g/mol. The van der Waals surface area contributed by atoms with E-state index < -0.39 is 17.7 Å². The highest BCUT2D eigenvalue weighted by Crippen LogP contribution is 2.25. The lowest BCUT2D eigenvalue weighted by Gasteiger charge is -2.08. The zero-order valence-corrected chi connectivity index (χ0v) is 9.59. The molecule has 0 aliphatic heterocycles. The predicted molar refractivity (Wildman–Crippen MR) is 57.0 cm³/mol. The number of hydrogen-bond donors (Lipinski definition) is 1. The fourth-order valence-electron chi connectivity index (χ4n) is 1.08. The minimum absolute atomic E-state index is 0.0417. The molecule has 0 bridgehead atoms. The van der Waals surface area contributed by atoms with Crippen LogP contribution in [0.1, 0.15) is 5.56 Å². The summed E-state index contributed by atoms with van der Waals surface area (Å²) in [4.78, 5) is 14.0. The van der Waals surface area contributed by atoms with Gasteiger partial charge in [0.15, 0.2) is 6.61 Å². The number of nitro benzene ring substituents is 1. The third-order valence-electron chi connectivity index (χ3n) is 1.82. The quantitative estimate of drug-likeness (QED) is 0.513. The Hall–Kier alpha value is -1.38. The molecule has 0 aliphatic carbocycles. The van der Waals surface area contributed by atoms with Crippen molar-refractivity contribution in [2.45, 2.75) is 12.7 Å². The second-order valence-electron chi connectivity index (χ2n) is 3.27. The highest BCUT2D eigenvalue weighted by Gasteiger charge is 2.27. The van der Waals surface area contributed by atoms with Crippen LogP contribution in [-0.2, 0) is 11.4 Å². The van der Waals surface area contributed by atoms with E-state index in [0.29, 0.717) is 5.56 Å². The Balaban J connectivity index is 2.53. The molecule has 0 fully saturated rings. The summed E-state index contributed by atoms with van der Waals surface area (Å²) in [5.41, 5.74) is 2.13. The second kappa shape index (κ2) is 5.98. The van der Waals surface area contributed by atoms with Crippen molar-refractivity contribution in [3.63, 3.8) is 0 Å². The van der Waals surface area contributed by atoms with Crippen LogP contribution >= 0.6 is 11.6 Å². The lowest BCUT2D eigenvalue weighted by atomic mass is 10.2. The van der Waals surface area contributed by atoms with Crippen LogP contribution in [0.25, 0.3) is 0 Å². The van der Waals surface area contributed by atoms with Crippen molar-refractivity contribution >= 4 is 17.3 Å². The number of alkyl halides is 3. The van der Waals surface area contributed by atoms with Crippen molar-refractivity contribution in [3.8, 4) is 0 Å². The molecule has 18 heavy (non-hydrogen) atoms. The monoisotopic (exact) mass is 284 g/mol. The number of rotatable bonds is 5. The van der Waals surface area contributed by atoms with E-state index in [4.69, 9.17) is 11.6 Å². The van der Waals surface area contributed by atoms with E-state index in [1.807, 2.05) is 0 Å². The molecule has 1 aromatic carbocycles. The van der Waals surface area contributed by atoms with E-state index in [0.717, 1.165) is 6.07 Å². The first-order valence-electron chi connectivity index (χ1n) is 4.64. The number of hydrogen-bond acceptors (Lipinski definition) is 4. The van der Waals surface area contributed by atoms with E-state index in [-0.39, 0.29) is 17.3 Å². The zero-order chi connectivity index (χ0) is 13.8. The van der Waals surface area contributed by atoms with Gasteiger partial charge >= 0.3 is 6.18 Å². The molecule has 0 aliphatic rings. The average Bonchev–Trinajstić information content (AvgIpc) is 2.24. The number of nitrogens with zero attached hydrogens (tertiary/aromatic N) is 1. The lowest BCUT2D eigenvalue weighted by molar-refractivity contribution is -0.384. The maximum Gasteiger partial charge on any atom is 0.413 e. The third kappa shape index (κ3) is 4.86. The van der Waals surface area contributed by atoms with Crippen LogP contribution in [-0.4, -0.2) is 17.7 Å². The maximum absolute atomic E-state index is 11.7. The van der Waals surface area contributed by atoms with Gasteiger partial charge in [0.25, 0.3) is 5.69 Å². The number of benzene rings is 1. The summed E-state index contributed by atoms with van der Waals surface area (Å²) in [7, 11) is 0. The normalized spacial score (nSPS) is 11.6. The van der Waals surface area contributed by atoms with Crippen molar-refractivity contribution in [2.24, 2.45) is 0 Å². The van der Waals surface area contributed by atoms with Gasteiger partial charge in [-0.2, -0.15) is 18.7 Å². The van der Waals surface area contributed by atoms with E-state index >= 15 is 0 Å². The molecule has 9 heteroatoms. The predicted octanol–water partition coefficient (Wildman–Crippen LogP) is 2.83. The smallest absolute Gasteiger partial charge is 0.292 e. The maximum atomic E-state index is 11.7. The Kier molecular flexibility index (Phi) is 4.88. The SMILES string of the molecule is O=[N+]([O-])c1cc(CNOCC(F)(F)F)ccc1Cl. The Labute approximate surface area is 105 Å². The molecule has 0 saturated heterocycles. The van der Waals surface area contributed by atoms with Gasteiger partial charge in [0, 0.05) is 12.6 Å². The summed E-state index contributed by atoms with van der Waals surface area (Å²) in [5.74, 6) is 0. The molecule has 0 spiro atoms. The first-order chi connectivity index (χ1) is 8.29. The van der Waals surface area contributed by atoms with Gasteiger partial charge in [-0.3, -0.25) is 15.0 Å². The summed E-state index contributed by atoms with van der Waals surface area (Å²) in [6.45, 7) is -1.54. The fraction of sp³-hybridized carbons (Fsp3) is 0.333. The van der Waals surface area contributed by atoms with Crippen LogP contribution in [0.5, 0.6) is 0 Å². The number of nitro groups is 1. The van der Waals surface area contributed by atoms with Crippen LogP contribution in [0.2, 0.25) is 5.02 Å². The fourth-order valence-corrected chi connectivity index (χ4v) is 1.26. The highest BCUT2D eigenvalue weighted by molar-refractivity contribution is 6.32. The van der Waals surface area contributed by atoms with E-state index in [1.165, 1.54) is 12.1 Å². The van der Waals surface area contributed by atoms with Crippen LogP contribution in [0, 0.1) is 10.1 Å². The summed E-state index contributed by atoms with van der Waals surface area (Å²) in [6, 6.07) is 3.89. The number of hydroxylamine groups is 1. The number of nitrogens with one attached hydrogen (secondary N) is 1. The van der Waals surface area contributed by atoms with Gasteiger partial charge in [-0.1, -0.05) is 17.7 Å². The van der Waals surface area contributed by atoms with E-state index in [1.54, 1.807) is 0 Å². The largest absolute Gasteiger partial charge is 0.413 e. The number of halogens is 4. The molecule has 0 saturated carbocycles. The standard InChI is InChI=1S/C9H8ClF3N2O3/c10-7-2-1-6(3-8(7)15(16)17)4-14-18-5-9(11,12)13/h1-3,14H,4-5H2. The minimum Gasteiger partial charge on any atom is -0.292 e. The Morgan fingerprint density at radius 2 is 2.11 bits per heavy atom.